The maximum Gasteiger partial charge on any atom is 0.255 e. The van der Waals surface area contributed by atoms with E-state index in [2.05, 4.69) is 4.72 Å². The first-order valence-electron chi connectivity index (χ1n) is 7.80. The first-order chi connectivity index (χ1) is 11.9. The third-order valence-corrected chi connectivity index (χ3v) is 5.09. The van der Waals surface area contributed by atoms with Gasteiger partial charge < -0.3 is 4.90 Å². The Morgan fingerprint density at radius 1 is 1.04 bits per heavy atom. The molecule has 1 amide bonds. The predicted octanol–water partition coefficient (Wildman–Crippen LogP) is 3.88. The van der Waals surface area contributed by atoms with Crippen LogP contribution in [0.25, 0.3) is 6.08 Å². The standard InChI is InChI=1S/C18H17ClN2O3S/c19-15-5-3-14(4-6-15)11-13-25(23,24)20-16-7-9-17(10-8-16)21-12-1-2-18(21)22/h3-11,13,20H,1-2,12H2/b13-11+. The second-order valence-electron chi connectivity index (χ2n) is 5.70. The van der Waals surface area contributed by atoms with E-state index in [-0.39, 0.29) is 5.91 Å². The molecule has 1 N–H and O–H groups in total. The number of amides is 1. The molecule has 1 fully saturated rings. The molecule has 1 aliphatic rings. The molecule has 0 radical (unpaired) electrons. The molecule has 0 atom stereocenters. The highest BCUT2D eigenvalue weighted by Crippen LogP contribution is 2.23. The third kappa shape index (κ3) is 4.61. The Kier molecular flexibility index (Phi) is 5.11. The van der Waals surface area contributed by atoms with Crippen LogP contribution in [0.3, 0.4) is 0 Å². The first kappa shape index (κ1) is 17.5. The fourth-order valence-corrected chi connectivity index (χ4v) is 3.57. The molecule has 0 saturated carbocycles. The molecule has 2 aromatic rings. The second kappa shape index (κ2) is 7.29. The van der Waals surface area contributed by atoms with Gasteiger partial charge in [0.15, 0.2) is 0 Å². The molecule has 5 nitrogen and oxygen atoms in total. The van der Waals surface area contributed by atoms with E-state index in [0.29, 0.717) is 23.7 Å². The molecule has 0 aliphatic carbocycles. The molecule has 7 heteroatoms. The summed E-state index contributed by atoms with van der Waals surface area (Å²) in [5.74, 6) is 0.0965. The molecule has 0 aromatic heterocycles. The Balaban J connectivity index is 1.68. The van der Waals surface area contributed by atoms with Crippen molar-refractivity contribution in [3.63, 3.8) is 0 Å². The van der Waals surface area contributed by atoms with Crippen LogP contribution in [-0.2, 0) is 14.8 Å². The van der Waals surface area contributed by atoms with E-state index >= 15 is 0 Å². The molecule has 3 rings (SSSR count). The maximum absolute atomic E-state index is 12.1. The summed E-state index contributed by atoms with van der Waals surface area (Å²) in [6.07, 6.45) is 2.91. The van der Waals surface area contributed by atoms with Gasteiger partial charge in [0, 0.05) is 29.4 Å². The summed E-state index contributed by atoms with van der Waals surface area (Å²) >= 11 is 5.80. The fraction of sp³-hybridized carbons (Fsp3) is 0.167. The van der Waals surface area contributed by atoms with Crippen LogP contribution in [0.4, 0.5) is 11.4 Å². The van der Waals surface area contributed by atoms with Gasteiger partial charge in [-0.1, -0.05) is 23.7 Å². The van der Waals surface area contributed by atoms with Crippen molar-refractivity contribution in [2.45, 2.75) is 12.8 Å². The van der Waals surface area contributed by atoms with Crippen molar-refractivity contribution in [2.75, 3.05) is 16.2 Å². The van der Waals surface area contributed by atoms with Gasteiger partial charge in [-0.3, -0.25) is 9.52 Å². The highest BCUT2D eigenvalue weighted by molar-refractivity contribution is 7.95. The largest absolute Gasteiger partial charge is 0.312 e. The minimum atomic E-state index is -3.63. The van der Waals surface area contributed by atoms with Crippen molar-refractivity contribution < 1.29 is 13.2 Å². The number of sulfonamides is 1. The van der Waals surface area contributed by atoms with Gasteiger partial charge in [-0.15, -0.1) is 0 Å². The molecule has 2 aromatic carbocycles. The highest BCUT2D eigenvalue weighted by atomic mass is 35.5. The molecule has 0 bridgehead atoms. The molecular formula is C18H17ClN2O3S. The Morgan fingerprint density at radius 2 is 1.72 bits per heavy atom. The molecule has 25 heavy (non-hydrogen) atoms. The predicted molar refractivity (Wildman–Crippen MR) is 101 cm³/mol. The fourth-order valence-electron chi connectivity index (χ4n) is 2.57. The highest BCUT2D eigenvalue weighted by Gasteiger charge is 2.21. The number of anilines is 2. The van der Waals surface area contributed by atoms with Gasteiger partial charge in [0.1, 0.15) is 0 Å². The van der Waals surface area contributed by atoms with E-state index in [9.17, 15) is 13.2 Å². The van der Waals surface area contributed by atoms with Crippen LogP contribution in [-0.4, -0.2) is 20.9 Å². The molecule has 1 aliphatic heterocycles. The molecule has 0 spiro atoms. The Labute approximate surface area is 152 Å². The number of benzene rings is 2. The van der Waals surface area contributed by atoms with Crippen LogP contribution < -0.4 is 9.62 Å². The van der Waals surface area contributed by atoms with Crippen LogP contribution in [0.1, 0.15) is 18.4 Å². The number of hydrogen-bond acceptors (Lipinski definition) is 3. The van der Waals surface area contributed by atoms with Crippen LogP contribution in [0.5, 0.6) is 0 Å². The van der Waals surface area contributed by atoms with Gasteiger partial charge in [-0.05, 0) is 54.5 Å². The summed E-state index contributed by atoms with van der Waals surface area (Å²) in [5, 5.41) is 1.70. The summed E-state index contributed by atoms with van der Waals surface area (Å²) in [5.41, 5.74) is 1.95. The minimum Gasteiger partial charge on any atom is -0.312 e. The lowest BCUT2D eigenvalue weighted by Gasteiger charge is -2.16. The van der Waals surface area contributed by atoms with Gasteiger partial charge in [0.2, 0.25) is 5.91 Å². The van der Waals surface area contributed by atoms with Crippen LogP contribution in [0.15, 0.2) is 53.9 Å². The van der Waals surface area contributed by atoms with Gasteiger partial charge in [-0.2, -0.15) is 0 Å². The zero-order valence-corrected chi connectivity index (χ0v) is 14.9. The van der Waals surface area contributed by atoms with E-state index in [1.807, 2.05) is 0 Å². The van der Waals surface area contributed by atoms with Gasteiger partial charge in [0.25, 0.3) is 10.0 Å². The quantitative estimate of drug-likeness (QED) is 0.861. The minimum absolute atomic E-state index is 0.0965. The van der Waals surface area contributed by atoms with E-state index in [4.69, 9.17) is 11.6 Å². The van der Waals surface area contributed by atoms with Crippen molar-refractivity contribution in [1.29, 1.82) is 0 Å². The van der Waals surface area contributed by atoms with E-state index in [1.54, 1.807) is 53.4 Å². The summed E-state index contributed by atoms with van der Waals surface area (Å²) in [4.78, 5) is 13.4. The normalized spacial score (nSPS) is 15.1. The molecular weight excluding hydrogens is 360 g/mol. The van der Waals surface area contributed by atoms with Crippen molar-refractivity contribution in [1.82, 2.24) is 0 Å². The van der Waals surface area contributed by atoms with Gasteiger partial charge in [-0.25, -0.2) is 8.42 Å². The zero-order valence-electron chi connectivity index (χ0n) is 13.4. The molecule has 130 valence electrons. The van der Waals surface area contributed by atoms with E-state index in [1.165, 1.54) is 6.08 Å². The summed E-state index contributed by atoms with van der Waals surface area (Å²) in [6, 6.07) is 13.6. The topological polar surface area (TPSA) is 66.5 Å². The third-order valence-electron chi connectivity index (χ3n) is 3.82. The monoisotopic (exact) mass is 376 g/mol. The number of carbonyl (C=O) groups is 1. The maximum atomic E-state index is 12.1. The van der Waals surface area contributed by atoms with E-state index in [0.717, 1.165) is 23.1 Å². The lowest BCUT2D eigenvalue weighted by molar-refractivity contribution is -0.117. The number of hydrogen-bond donors (Lipinski definition) is 1. The van der Waals surface area contributed by atoms with Crippen LogP contribution in [0.2, 0.25) is 5.02 Å². The summed E-state index contributed by atoms with van der Waals surface area (Å²) < 4.78 is 26.8. The van der Waals surface area contributed by atoms with Crippen LogP contribution >= 0.6 is 11.6 Å². The summed E-state index contributed by atoms with van der Waals surface area (Å²) in [6.45, 7) is 0.702. The zero-order chi connectivity index (χ0) is 17.9. The second-order valence-corrected chi connectivity index (χ2v) is 7.70. The van der Waals surface area contributed by atoms with Crippen molar-refractivity contribution in [3.05, 3.63) is 64.5 Å². The Hall–Kier alpha value is -2.31. The lowest BCUT2D eigenvalue weighted by Crippen LogP contribution is -2.23. The average Bonchev–Trinajstić information content (AvgIpc) is 3.01. The van der Waals surface area contributed by atoms with Crippen molar-refractivity contribution in [3.8, 4) is 0 Å². The Morgan fingerprint density at radius 3 is 2.32 bits per heavy atom. The molecule has 1 saturated heterocycles. The van der Waals surface area contributed by atoms with E-state index < -0.39 is 10.0 Å². The summed E-state index contributed by atoms with van der Waals surface area (Å²) in [7, 11) is -3.63. The first-order valence-corrected chi connectivity index (χ1v) is 9.72. The molecule has 0 unspecified atom stereocenters. The average molecular weight is 377 g/mol. The number of halogens is 1. The van der Waals surface area contributed by atoms with Crippen molar-refractivity contribution in [2.24, 2.45) is 0 Å². The van der Waals surface area contributed by atoms with Gasteiger partial charge in [0.05, 0.1) is 5.41 Å². The Bertz CT molecular complexity index is 891. The number of nitrogens with one attached hydrogen (secondary N) is 1. The lowest BCUT2D eigenvalue weighted by atomic mass is 10.2. The molecule has 1 heterocycles. The van der Waals surface area contributed by atoms with Crippen LogP contribution in [0, 0.1) is 0 Å². The van der Waals surface area contributed by atoms with Gasteiger partial charge >= 0.3 is 0 Å². The SMILES string of the molecule is O=C1CCCN1c1ccc(NS(=O)(=O)/C=C/c2ccc(Cl)cc2)cc1. The number of carbonyl (C=O) groups excluding carboxylic acids is 1. The van der Waals surface area contributed by atoms with Crippen molar-refractivity contribution >= 4 is 45.0 Å². The number of rotatable bonds is 5. The number of nitrogens with zero attached hydrogens (tertiary/aromatic N) is 1. The smallest absolute Gasteiger partial charge is 0.255 e.